The first-order valence-corrected chi connectivity index (χ1v) is 8.47. The summed E-state index contributed by atoms with van der Waals surface area (Å²) >= 11 is 6.00. The summed E-state index contributed by atoms with van der Waals surface area (Å²) < 4.78 is 37.4. The predicted molar refractivity (Wildman–Crippen MR) is 79.2 cm³/mol. The van der Waals surface area contributed by atoms with E-state index in [0.717, 1.165) is 0 Å². The van der Waals surface area contributed by atoms with Crippen LogP contribution in [0.3, 0.4) is 0 Å². The monoisotopic (exact) mass is 335 g/mol. The van der Waals surface area contributed by atoms with E-state index >= 15 is 0 Å². The van der Waals surface area contributed by atoms with Gasteiger partial charge in [0.25, 0.3) is 0 Å². The van der Waals surface area contributed by atoms with Crippen LogP contribution < -0.4 is 10.0 Å². The maximum Gasteiger partial charge on any atom is 0.242 e. The first-order chi connectivity index (χ1) is 10.0. The molecule has 7 nitrogen and oxygen atoms in total. The van der Waals surface area contributed by atoms with Gasteiger partial charge in [0.15, 0.2) is 0 Å². The Morgan fingerprint density at radius 2 is 2.29 bits per heavy atom. The number of rotatable bonds is 6. The number of aromatic nitrogens is 1. The number of pyridine rings is 1. The molecule has 1 aromatic rings. The van der Waals surface area contributed by atoms with Gasteiger partial charge in [-0.1, -0.05) is 11.6 Å². The molecule has 0 bridgehead atoms. The average molecular weight is 336 g/mol. The highest BCUT2D eigenvalue weighted by Crippen LogP contribution is 2.22. The molecule has 0 spiro atoms. The summed E-state index contributed by atoms with van der Waals surface area (Å²) in [6.45, 7) is 4.08. The zero-order chi connectivity index (χ0) is 15.3. The van der Waals surface area contributed by atoms with Crippen LogP contribution in [0.25, 0.3) is 0 Å². The molecular formula is C12H18ClN3O4S. The largest absolute Gasteiger partial charge is 0.376 e. The van der Waals surface area contributed by atoms with E-state index in [9.17, 15) is 8.42 Å². The predicted octanol–water partition coefficient (Wildman–Crippen LogP) is 0.860. The van der Waals surface area contributed by atoms with Crippen LogP contribution in [0, 0.1) is 0 Å². The molecule has 0 amide bonds. The van der Waals surface area contributed by atoms with Crippen LogP contribution in [0.15, 0.2) is 17.2 Å². The van der Waals surface area contributed by atoms with Crippen LogP contribution >= 0.6 is 11.6 Å². The van der Waals surface area contributed by atoms with E-state index < -0.39 is 10.0 Å². The molecule has 1 unspecified atom stereocenters. The third-order valence-electron chi connectivity index (χ3n) is 2.86. The van der Waals surface area contributed by atoms with Crippen molar-refractivity contribution in [2.75, 3.05) is 38.2 Å². The summed E-state index contributed by atoms with van der Waals surface area (Å²) in [5.41, 5.74) is 0. The molecule has 9 heteroatoms. The van der Waals surface area contributed by atoms with Crippen molar-refractivity contribution in [1.29, 1.82) is 0 Å². The molecule has 1 fully saturated rings. The molecule has 118 valence electrons. The molecule has 2 rings (SSSR count). The van der Waals surface area contributed by atoms with Gasteiger partial charge in [0, 0.05) is 19.3 Å². The molecule has 0 aromatic carbocycles. The highest BCUT2D eigenvalue weighted by atomic mass is 35.5. The summed E-state index contributed by atoms with van der Waals surface area (Å²) in [5.74, 6) is 0.460. The van der Waals surface area contributed by atoms with Crippen molar-refractivity contribution >= 4 is 27.4 Å². The van der Waals surface area contributed by atoms with Gasteiger partial charge in [-0.2, -0.15) is 0 Å². The summed E-state index contributed by atoms with van der Waals surface area (Å²) in [7, 11) is -3.67. The Bertz CT molecular complexity index is 576. The van der Waals surface area contributed by atoms with Gasteiger partial charge in [-0.25, -0.2) is 18.1 Å². The second-order valence-electron chi connectivity index (χ2n) is 4.45. The highest BCUT2D eigenvalue weighted by molar-refractivity contribution is 7.89. The van der Waals surface area contributed by atoms with Gasteiger partial charge in [-0.3, -0.25) is 0 Å². The number of anilines is 1. The molecule has 1 atom stereocenters. The highest BCUT2D eigenvalue weighted by Gasteiger charge is 2.20. The quantitative estimate of drug-likeness (QED) is 0.801. The molecule has 1 aliphatic rings. The van der Waals surface area contributed by atoms with Crippen molar-refractivity contribution in [1.82, 2.24) is 9.71 Å². The Kier molecular flexibility index (Phi) is 5.77. The summed E-state index contributed by atoms with van der Waals surface area (Å²) in [5, 5.41) is 3.20. The molecule has 1 saturated heterocycles. The molecule has 1 aromatic heterocycles. The number of nitrogens with zero attached hydrogens (tertiary/aromatic N) is 1. The number of halogens is 1. The third kappa shape index (κ3) is 4.52. The smallest absolute Gasteiger partial charge is 0.242 e. The fraction of sp³-hybridized carbons (Fsp3) is 0.583. The molecule has 0 radical (unpaired) electrons. The zero-order valence-electron chi connectivity index (χ0n) is 11.6. The molecular weight excluding hydrogens is 318 g/mol. The van der Waals surface area contributed by atoms with E-state index in [0.29, 0.717) is 32.2 Å². The second kappa shape index (κ2) is 7.37. The number of hydrogen-bond acceptors (Lipinski definition) is 6. The van der Waals surface area contributed by atoms with Gasteiger partial charge in [-0.05, 0) is 13.0 Å². The maximum atomic E-state index is 12.2. The minimum atomic E-state index is -3.67. The van der Waals surface area contributed by atoms with Crippen LogP contribution in [-0.4, -0.2) is 52.4 Å². The minimum absolute atomic E-state index is 0.0193. The van der Waals surface area contributed by atoms with Crippen molar-refractivity contribution in [2.45, 2.75) is 17.9 Å². The van der Waals surface area contributed by atoms with Crippen molar-refractivity contribution in [3.8, 4) is 0 Å². The first-order valence-electron chi connectivity index (χ1n) is 6.61. The Labute approximate surface area is 129 Å². The molecule has 0 saturated carbocycles. The molecule has 21 heavy (non-hydrogen) atoms. The third-order valence-corrected chi connectivity index (χ3v) is 4.54. The SMILES string of the molecule is CCNc1ncc(S(=O)(=O)NCC2COCCO2)cc1Cl. The van der Waals surface area contributed by atoms with Gasteiger partial charge >= 0.3 is 0 Å². The standard InChI is InChI=1S/C12H18ClN3O4S/c1-2-14-12-11(13)5-10(7-15-12)21(17,18)16-6-9-8-19-3-4-20-9/h5,7,9,16H,2-4,6,8H2,1H3,(H,14,15). The Balaban J connectivity index is 2.03. The van der Waals surface area contributed by atoms with Gasteiger partial charge in [0.05, 0.1) is 30.9 Å². The fourth-order valence-electron chi connectivity index (χ4n) is 1.81. The average Bonchev–Trinajstić information content (AvgIpc) is 2.48. The van der Waals surface area contributed by atoms with E-state index in [4.69, 9.17) is 21.1 Å². The second-order valence-corrected chi connectivity index (χ2v) is 6.63. The van der Waals surface area contributed by atoms with Crippen LogP contribution in [0.1, 0.15) is 6.92 Å². The van der Waals surface area contributed by atoms with Gasteiger partial charge in [0.2, 0.25) is 10.0 Å². The zero-order valence-corrected chi connectivity index (χ0v) is 13.2. The lowest BCUT2D eigenvalue weighted by Gasteiger charge is -2.23. The van der Waals surface area contributed by atoms with Crippen LogP contribution in [0.4, 0.5) is 5.82 Å². The van der Waals surface area contributed by atoms with Crippen molar-refractivity contribution in [3.63, 3.8) is 0 Å². The molecule has 1 aliphatic heterocycles. The lowest BCUT2D eigenvalue weighted by Crippen LogP contribution is -2.39. The van der Waals surface area contributed by atoms with Crippen molar-refractivity contribution in [3.05, 3.63) is 17.3 Å². The van der Waals surface area contributed by atoms with E-state index in [1.807, 2.05) is 6.92 Å². The number of ether oxygens (including phenoxy) is 2. The number of sulfonamides is 1. The topological polar surface area (TPSA) is 89.6 Å². The lowest BCUT2D eigenvalue weighted by atomic mass is 10.3. The van der Waals surface area contributed by atoms with Crippen LogP contribution in [0.5, 0.6) is 0 Å². The van der Waals surface area contributed by atoms with Gasteiger partial charge in [-0.15, -0.1) is 0 Å². The maximum absolute atomic E-state index is 12.2. The number of hydrogen-bond donors (Lipinski definition) is 2. The summed E-state index contributed by atoms with van der Waals surface area (Å²) in [4.78, 5) is 4.03. The van der Waals surface area contributed by atoms with E-state index in [1.165, 1.54) is 12.3 Å². The summed E-state index contributed by atoms with van der Waals surface area (Å²) in [6, 6.07) is 1.37. The van der Waals surface area contributed by atoms with E-state index in [-0.39, 0.29) is 22.6 Å². The minimum Gasteiger partial charge on any atom is -0.376 e. The number of nitrogens with one attached hydrogen (secondary N) is 2. The van der Waals surface area contributed by atoms with E-state index in [2.05, 4.69) is 15.0 Å². The Hall–Kier alpha value is -0.930. The molecule has 2 N–H and O–H groups in total. The summed E-state index contributed by atoms with van der Waals surface area (Å²) in [6.07, 6.45) is 0.989. The van der Waals surface area contributed by atoms with Gasteiger partial charge in [0.1, 0.15) is 10.7 Å². The normalized spacial score (nSPS) is 19.4. The fourth-order valence-corrected chi connectivity index (χ4v) is 3.14. The van der Waals surface area contributed by atoms with E-state index in [1.54, 1.807) is 0 Å². The Morgan fingerprint density at radius 1 is 1.48 bits per heavy atom. The molecule has 2 heterocycles. The Morgan fingerprint density at radius 3 is 2.90 bits per heavy atom. The van der Waals surface area contributed by atoms with Crippen molar-refractivity contribution < 1.29 is 17.9 Å². The lowest BCUT2D eigenvalue weighted by molar-refractivity contribution is -0.0846. The first kappa shape index (κ1) is 16.4. The van der Waals surface area contributed by atoms with Crippen LogP contribution in [0.2, 0.25) is 5.02 Å². The molecule has 0 aliphatic carbocycles. The van der Waals surface area contributed by atoms with Crippen LogP contribution in [-0.2, 0) is 19.5 Å². The van der Waals surface area contributed by atoms with Gasteiger partial charge < -0.3 is 14.8 Å². The van der Waals surface area contributed by atoms with Crippen molar-refractivity contribution in [2.24, 2.45) is 0 Å².